The number of carbonyl (C=O) groups excluding carboxylic acids is 1. The maximum absolute atomic E-state index is 12.3. The SMILES string of the molecule is CC1=C/C(=N/Cc2ccccc2)C(=O)C=C1NCc1ccccc1. The summed E-state index contributed by atoms with van der Waals surface area (Å²) in [7, 11) is 0. The normalized spacial score (nSPS) is 15.9. The van der Waals surface area contributed by atoms with Gasteiger partial charge in [-0.3, -0.25) is 9.79 Å². The average Bonchev–Trinajstić information content (AvgIpc) is 2.62. The molecule has 3 nitrogen and oxygen atoms in total. The smallest absolute Gasteiger partial charge is 0.205 e. The lowest BCUT2D eigenvalue weighted by Crippen LogP contribution is -2.22. The number of aliphatic imine (C=N–C) groups is 1. The minimum atomic E-state index is -0.0490. The van der Waals surface area contributed by atoms with E-state index in [-0.39, 0.29) is 5.78 Å². The molecule has 3 heteroatoms. The highest BCUT2D eigenvalue weighted by Crippen LogP contribution is 2.14. The lowest BCUT2D eigenvalue weighted by atomic mass is 10.0. The van der Waals surface area contributed by atoms with E-state index in [2.05, 4.69) is 22.4 Å². The number of hydrogen-bond acceptors (Lipinski definition) is 3. The van der Waals surface area contributed by atoms with Crippen molar-refractivity contribution in [1.29, 1.82) is 0 Å². The van der Waals surface area contributed by atoms with Crippen LogP contribution in [0.2, 0.25) is 0 Å². The molecule has 2 aromatic rings. The number of benzene rings is 2. The summed E-state index contributed by atoms with van der Waals surface area (Å²) in [4.78, 5) is 16.7. The van der Waals surface area contributed by atoms with Crippen molar-refractivity contribution in [3.8, 4) is 0 Å². The predicted octanol–water partition coefficient (Wildman–Crippen LogP) is 3.83. The Morgan fingerprint density at radius 3 is 2.17 bits per heavy atom. The third-order valence-electron chi connectivity index (χ3n) is 3.91. The fraction of sp³-hybridized carbons (Fsp3) is 0.143. The van der Waals surface area contributed by atoms with E-state index in [1.807, 2.05) is 61.5 Å². The van der Waals surface area contributed by atoms with Crippen LogP contribution in [0.5, 0.6) is 0 Å². The molecule has 0 unspecified atom stereocenters. The van der Waals surface area contributed by atoms with Gasteiger partial charge in [-0.15, -0.1) is 0 Å². The lowest BCUT2D eigenvalue weighted by Gasteiger charge is -2.16. The van der Waals surface area contributed by atoms with Gasteiger partial charge in [0.25, 0.3) is 0 Å². The highest BCUT2D eigenvalue weighted by Gasteiger charge is 2.15. The van der Waals surface area contributed by atoms with Crippen molar-refractivity contribution in [2.75, 3.05) is 0 Å². The van der Waals surface area contributed by atoms with Gasteiger partial charge in [0.15, 0.2) is 0 Å². The summed E-state index contributed by atoms with van der Waals surface area (Å²) in [6.07, 6.45) is 3.50. The van der Waals surface area contributed by atoms with Crippen LogP contribution in [0.1, 0.15) is 18.1 Å². The number of hydrogen-bond donors (Lipinski definition) is 1. The van der Waals surface area contributed by atoms with Gasteiger partial charge < -0.3 is 5.32 Å². The number of nitrogens with one attached hydrogen (secondary N) is 1. The van der Waals surface area contributed by atoms with E-state index in [0.29, 0.717) is 18.8 Å². The Balaban J connectivity index is 1.66. The van der Waals surface area contributed by atoms with E-state index >= 15 is 0 Å². The van der Waals surface area contributed by atoms with Crippen molar-refractivity contribution >= 4 is 11.5 Å². The molecular formula is C21H20N2O. The van der Waals surface area contributed by atoms with Gasteiger partial charge in [-0.25, -0.2) is 0 Å². The first-order valence-corrected chi connectivity index (χ1v) is 8.03. The number of nitrogens with zero attached hydrogens (tertiary/aromatic N) is 1. The Morgan fingerprint density at radius 2 is 1.50 bits per heavy atom. The highest BCUT2D eigenvalue weighted by atomic mass is 16.1. The van der Waals surface area contributed by atoms with Crippen LogP contribution >= 0.6 is 0 Å². The standard InChI is InChI=1S/C21H20N2O/c1-16-12-20(23-15-18-10-6-3-7-11-18)21(24)13-19(16)22-14-17-8-4-2-5-9-17/h2-13,22H,14-15H2,1H3/b23-20-. The van der Waals surface area contributed by atoms with Crippen LogP contribution in [0.3, 0.4) is 0 Å². The summed E-state index contributed by atoms with van der Waals surface area (Å²) >= 11 is 0. The topological polar surface area (TPSA) is 41.5 Å². The van der Waals surface area contributed by atoms with Gasteiger partial charge >= 0.3 is 0 Å². The van der Waals surface area contributed by atoms with E-state index in [9.17, 15) is 4.79 Å². The zero-order valence-corrected chi connectivity index (χ0v) is 13.7. The summed E-state index contributed by atoms with van der Waals surface area (Å²) in [5.74, 6) is -0.0490. The van der Waals surface area contributed by atoms with E-state index in [4.69, 9.17) is 0 Å². The highest BCUT2D eigenvalue weighted by molar-refractivity contribution is 6.49. The molecular weight excluding hydrogens is 296 g/mol. The second kappa shape index (κ2) is 7.55. The Bertz CT molecular complexity index is 802. The first kappa shape index (κ1) is 15.9. The zero-order chi connectivity index (χ0) is 16.8. The Kier molecular flexibility index (Phi) is 5.02. The third kappa shape index (κ3) is 4.07. The fourth-order valence-electron chi connectivity index (χ4n) is 2.54. The molecule has 0 fully saturated rings. The van der Waals surface area contributed by atoms with Crippen molar-refractivity contribution in [1.82, 2.24) is 5.32 Å². The summed E-state index contributed by atoms with van der Waals surface area (Å²) < 4.78 is 0. The number of ketones is 1. The molecule has 2 aromatic carbocycles. The maximum Gasteiger partial charge on any atom is 0.205 e. The van der Waals surface area contributed by atoms with Gasteiger partial charge in [-0.05, 0) is 29.7 Å². The van der Waals surface area contributed by atoms with E-state index < -0.39 is 0 Å². The molecule has 1 N–H and O–H groups in total. The molecule has 0 amide bonds. The molecule has 0 aromatic heterocycles. The van der Waals surface area contributed by atoms with E-state index in [0.717, 1.165) is 16.8 Å². The molecule has 0 heterocycles. The summed E-state index contributed by atoms with van der Waals surface area (Å²) in [5.41, 5.74) is 4.68. The second-order valence-electron chi connectivity index (χ2n) is 5.78. The van der Waals surface area contributed by atoms with Crippen molar-refractivity contribution < 1.29 is 4.79 Å². The average molecular weight is 316 g/mol. The molecule has 0 saturated heterocycles. The number of allylic oxidation sites excluding steroid dienone is 3. The minimum Gasteiger partial charge on any atom is -0.381 e. The third-order valence-corrected chi connectivity index (χ3v) is 3.91. The molecule has 0 radical (unpaired) electrons. The lowest BCUT2D eigenvalue weighted by molar-refractivity contribution is -0.108. The summed E-state index contributed by atoms with van der Waals surface area (Å²) in [6, 6.07) is 20.1. The number of carbonyl (C=O) groups is 1. The first-order valence-electron chi connectivity index (χ1n) is 8.03. The van der Waals surface area contributed by atoms with Gasteiger partial charge in [0.1, 0.15) is 5.71 Å². The van der Waals surface area contributed by atoms with Crippen LogP contribution in [0.4, 0.5) is 0 Å². The quantitative estimate of drug-likeness (QED) is 0.852. The Morgan fingerprint density at radius 1 is 0.875 bits per heavy atom. The van der Waals surface area contributed by atoms with Gasteiger partial charge in [-0.2, -0.15) is 0 Å². The van der Waals surface area contributed by atoms with Crippen LogP contribution in [0.25, 0.3) is 0 Å². The Labute approximate surface area is 142 Å². The molecule has 120 valence electrons. The minimum absolute atomic E-state index is 0.0490. The van der Waals surface area contributed by atoms with E-state index in [1.165, 1.54) is 5.56 Å². The number of rotatable bonds is 5. The first-order chi connectivity index (χ1) is 11.7. The van der Waals surface area contributed by atoms with Crippen molar-refractivity contribution in [2.24, 2.45) is 4.99 Å². The predicted molar refractivity (Wildman–Crippen MR) is 97.7 cm³/mol. The van der Waals surface area contributed by atoms with Crippen molar-refractivity contribution in [3.63, 3.8) is 0 Å². The monoisotopic (exact) mass is 316 g/mol. The van der Waals surface area contributed by atoms with Gasteiger partial charge in [0, 0.05) is 18.3 Å². The fourth-order valence-corrected chi connectivity index (χ4v) is 2.54. The van der Waals surface area contributed by atoms with Crippen LogP contribution in [-0.2, 0) is 17.9 Å². The van der Waals surface area contributed by atoms with Crippen molar-refractivity contribution in [3.05, 3.63) is 95.2 Å². The van der Waals surface area contributed by atoms with Crippen LogP contribution in [-0.4, -0.2) is 11.5 Å². The zero-order valence-electron chi connectivity index (χ0n) is 13.7. The Hall–Kier alpha value is -2.94. The van der Waals surface area contributed by atoms with Crippen molar-refractivity contribution in [2.45, 2.75) is 20.0 Å². The largest absolute Gasteiger partial charge is 0.381 e. The molecule has 3 rings (SSSR count). The molecule has 0 spiro atoms. The van der Waals surface area contributed by atoms with Gasteiger partial charge in [0.2, 0.25) is 5.78 Å². The molecule has 24 heavy (non-hydrogen) atoms. The van der Waals surface area contributed by atoms with Crippen LogP contribution < -0.4 is 5.32 Å². The van der Waals surface area contributed by atoms with E-state index in [1.54, 1.807) is 6.08 Å². The second-order valence-corrected chi connectivity index (χ2v) is 5.78. The van der Waals surface area contributed by atoms with Crippen LogP contribution in [0.15, 0.2) is 89.1 Å². The molecule has 0 aliphatic heterocycles. The van der Waals surface area contributed by atoms with Gasteiger partial charge in [-0.1, -0.05) is 60.7 Å². The molecule has 1 aliphatic carbocycles. The molecule has 0 saturated carbocycles. The van der Waals surface area contributed by atoms with Gasteiger partial charge in [0.05, 0.1) is 6.54 Å². The summed E-state index contributed by atoms with van der Waals surface area (Å²) in [6.45, 7) is 3.21. The summed E-state index contributed by atoms with van der Waals surface area (Å²) in [5, 5.41) is 3.33. The van der Waals surface area contributed by atoms with Crippen LogP contribution in [0, 0.1) is 0 Å². The maximum atomic E-state index is 12.3. The molecule has 0 bridgehead atoms. The molecule has 0 atom stereocenters. The molecule has 1 aliphatic rings.